The fraction of sp³-hybridized carbons (Fsp3) is 0.650. The van der Waals surface area contributed by atoms with E-state index < -0.39 is 10.0 Å². The monoisotopic (exact) mass is 378 g/mol. The Morgan fingerprint density at radius 1 is 1.19 bits per heavy atom. The van der Waals surface area contributed by atoms with E-state index in [9.17, 15) is 13.2 Å². The summed E-state index contributed by atoms with van der Waals surface area (Å²) in [7, 11) is -1.77. The van der Waals surface area contributed by atoms with Gasteiger partial charge in [-0.25, -0.2) is 8.42 Å². The van der Waals surface area contributed by atoms with Crippen molar-refractivity contribution in [3.63, 3.8) is 0 Å². The van der Waals surface area contributed by atoms with E-state index >= 15 is 0 Å². The van der Waals surface area contributed by atoms with Crippen LogP contribution >= 0.6 is 0 Å². The topological polar surface area (TPSA) is 57.7 Å². The molecule has 1 heterocycles. The van der Waals surface area contributed by atoms with Gasteiger partial charge in [0.2, 0.25) is 10.0 Å². The summed E-state index contributed by atoms with van der Waals surface area (Å²) in [5.41, 5.74) is 0.444. The highest BCUT2D eigenvalue weighted by Gasteiger charge is 2.34. The first-order valence-corrected chi connectivity index (χ1v) is 11.0. The zero-order valence-electron chi connectivity index (χ0n) is 16.2. The molecule has 6 heteroatoms. The van der Waals surface area contributed by atoms with E-state index in [4.69, 9.17) is 0 Å². The number of hydrogen-bond donors (Lipinski definition) is 0. The van der Waals surface area contributed by atoms with Crippen LogP contribution in [0.4, 0.5) is 0 Å². The highest BCUT2D eigenvalue weighted by Crippen LogP contribution is 2.35. The lowest BCUT2D eigenvalue weighted by Crippen LogP contribution is -2.42. The van der Waals surface area contributed by atoms with Crippen LogP contribution in [0.25, 0.3) is 0 Å². The smallest absolute Gasteiger partial charge is 0.253 e. The van der Waals surface area contributed by atoms with Crippen molar-refractivity contribution in [3.8, 4) is 0 Å². The van der Waals surface area contributed by atoms with Crippen molar-refractivity contribution in [3.05, 3.63) is 29.8 Å². The summed E-state index contributed by atoms with van der Waals surface area (Å²) in [5.74, 6) is 1.17. The van der Waals surface area contributed by atoms with Gasteiger partial charge in [0.25, 0.3) is 5.91 Å². The zero-order chi connectivity index (χ0) is 19.1. The fourth-order valence-corrected chi connectivity index (χ4v) is 5.75. The molecule has 0 N–H and O–H groups in total. The lowest BCUT2D eigenvalue weighted by atomic mass is 9.94. The van der Waals surface area contributed by atoms with Crippen molar-refractivity contribution in [2.45, 2.75) is 51.0 Å². The molecule has 1 amide bonds. The van der Waals surface area contributed by atoms with Crippen LogP contribution in [0.5, 0.6) is 0 Å². The van der Waals surface area contributed by atoms with Crippen molar-refractivity contribution in [1.82, 2.24) is 9.21 Å². The van der Waals surface area contributed by atoms with Crippen LogP contribution in [-0.4, -0.2) is 49.7 Å². The average molecular weight is 379 g/mol. The third-order valence-electron chi connectivity index (χ3n) is 5.79. The van der Waals surface area contributed by atoms with Gasteiger partial charge in [0, 0.05) is 31.7 Å². The van der Waals surface area contributed by atoms with Crippen molar-refractivity contribution >= 4 is 15.9 Å². The summed E-state index contributed by atoms with van der Waals surface area (Å²) < 4.78 is 27.7. The molecular formula is C20H30N2O3S. The van der Waals surface area contributed by atoms with Gasteiger partial charge in [-0.05, 0) is 62.1 Å². The summed E-state index contributed by atoms with van der Waals surface area (Å²) in [5, 5.41) is 0. The standard InChI is InChI=1S/C20H30N2O3S/c1-14-10-15(2)13-22(12-14)26(24,25)19-7-5-6-18(11-19)20(23)21(4)16(3)17-8-9-17/h5-7,11,14-17H,8-10,12-13H2,1-4H3. The molecule has 1 aromatic rings. The van der Waals surface area contributed by atoms with Gasteiger partial charge in [0.05, 0.1) is 4.90 Å². The minimum absolute atomic E-state index is 0.109. The van der Waals surface area contributed by atoms with Gasteiger partial charge in [-0.2, -0.15) is 4.31 Å². The van der Waals surface area contributed by atoms with Gasteiger partial charge in [-0.3, -0.25) is 4.79 Å². The highest BCUT2D eigenvalue weighted by molar-refractivity contribution is 7.89. The summed E-state index contributed by atoms with van der Waals surface area (Å²) in [4.78, 5) is 14.8. The molecule has 3 atom stereocenters. The van der Waals surface area contributed by atoms with E-state index in [0.29, 0.717) is 36.4 Å². The molecule has 0 radical (unpaired) electrons. The molecular weight excluding hydrogens is 348 g/mol. The van der Waals surface area contributed by atoms with E-state index in [1.54, 1.807) is 34.5 Å². The molecule has 1 aromatic carbocycles. The molecule has 0 aromatic heterocycles. The molecule has 2 fully saturated rings. The second-order valence-corrected chi connectivity index (χ2v) is 10.2. The Morgan fingerprint density at radius 2 is 1.81 bits per heavy atom. The van der Waals surface area contributed by atoms with Crippen LogP contribution in [0.2, 0.25) is 0 Å². The first kappa shape index (κ1) is 19.4. The Bertz CT molecular complexity index is 763. The van der Waals surface area contributed by atoms with Gasteiger partial charge in [-0.1, -0.05) is 19.9 Å². The minimum atomic E-state index is -3.57. The number of carbonyl (C=O) groups excluding carboxylic acids is 1. The maximum atomic E-state index is 13.1. The predicted octanol–water partition coefficient (Wildman–Crippen LogP) is 3.22. The Labute approximate surface area is 157 Å². The van der Waals surface area contributed by atoms with E-state index in [0.717, 1.165) is 6.42 Å². The van der Waals surface area contributed by atoms with Gasteiger partial charge < -0.3 is 4.90 Å². The Hall–Kier alpha value is -1.40. The summed E-state index contributed by atoms with van der Waals surface area (Å²) >= 11 is 0. The van der Waals surface area contributed by atoms with Crippen LogP contribution in [0.3, 0.4) is 0 Å². The Morgan fingerprint density at radius 3 is 2.38 bits per heavy atom. The molecule has 26 heavy (non-hydrogen) atoms. The van der Waals surface area contributed by atoms with Crippen molar-refractivity contribution in [2.75, 3.05) is 20.1 Å². The van der Waals surface area contributed by atoms with Crippen molar-refractivity contribution in [2.24, 2.45) is 17.8 Å². The summed E-state index contributed by atoms with van der Waals surface area (Å²) in [6.45, 7) is 7.33. The molecule has 1 aliphatic heterocycles. The van der Waals surface area contributed by atoms with E-state index in [-0.39, 0.29) is 16.8 Å². The molecule has 0 bridgehead atoms. The number of rotatable bonds is 5. The van der Waals surface area contributed by atoms with E-state index in [1.165, 1.54) is 18.9 Å². The zero-order valence-corrected chi connectivity index (χ0v) is 17.0. The number of benzene rings is 1. The van der Waals surface area contributed by atoms with Gasteiger partial charge >= 0.3 is 0 Å². The molecule has 144 valence electrons. The quantitative estimate of drug-likeness (QED) is 0.790. The summed E-state index contributed by atoms with van der Waals surface area (Å²) in [6.07, 6.45) is 3.38. The predicted molar refractivity (Wildman–Crippen MR) is 102 cm³/mol. The Balaban J connectivity index is 1.82. The number of piperidine rings is 1. The number of carbonyl (C=O) groups is 1. The number of nitrogens with zero attached hydrogens (tertiary/aromatic N) is 2. The molecule has 1 saturated carbocycles. The molecule has 5 nitrogen and oxygen atoms in total. The van der Waals surface area contributed by atoms with E-state index in [2.05, 4.69) is 20.8 Å². The van der Waals surface area contributed by atoms with Crippen molar-refractivity contribution < 1.29 is 13.2 Å². The van der Waals surface area contributed by atoms with Crippen LogP contribution < -0.4 is 0 Å². The number of amides is 1. The van der Waals surface area contributed by atoms with Crippen LogP contribution in [0.1, 0.15) is 50.4 Å². The Kier molecular flexibility index (Phi) is 5.45. The van der Waals surface area contributed by atoms with Crippen LogP contribution in [0, 0.1) is 17.8 Å². The van der Waals surface area contributed by atoms with Crippen molar-refractivity contribution in [1.29, 1.82) is 0 Å². The van der Waals surface area contributed by atoms with Crippen LogP contribution in [-0.2, 0) is 10.0 Å². The lowest BCUT2D eigenvalue weighted by molar-refractivity contribution is 0.0727. The molecule has 3 unspecified atom stereocenters. The molecule has 0 spiro atoms. The first-order chi connectivity index (χ1) is 12.2. The average Bonchev–Trinajstić information content (AvgIpc) is 3.44. The molecule has 1 aliphatic carbocycles. The maximum Gasteiger partial charge on any atom is 0.253 e. The second-order valence-electron chi connectivity index (χ2n) is 8.29. The second kappa shape index (κ2) is 7.31. The number of sulfonamides is 1. The third-order valence-corrected chi connectivity index (χ3v) is 7.62. The lowest BCUT2D eigenvalue weighted by Gasteiger charge is -2.34. The highest BCUT2D eigenvalue weighted by atomic mass is 32.2. The largest absolute Gasteiger partial charge is 0.339 e. The fourth-order valence-electron chi connectivity index (χ4n) is 4.02. The maximum absolute atomic E-state index is 13.1. The van der Waals surface area contributed by atoms with Gasteiger partial charge in [0.1, 0.15) is 0 Å². The minimum Gasteiger partial charge on any atom is -0.339 e. The normalized spacial score (nSPS) is 25.7. The SMILES string of the molecule is CC1CC(C)CN(S(=O)(=O)c2cccc(C(=O)N(C)C(C)C3CC3)c2)C1. The molecule has 2 aliphatic rings. The van der Waals surface area contributed by atoms with Crippen LogP contribution in [0.15, 0.2) is 29.2 Å². The molecule has 3 rings (SSSR count). The first-order valence-electron chi connectivity index (χ1n) is 9.57. The number of hydrogen-bond acceptors (Lipinski definition) is 3. The van der Waals surface area contributed by atoms with Gasteiger partial charge in [0.15, 0.2) is 0 Å². The third kappa shape index (κ3) is 3.96. The van der Waals surface area contributed by atoms with E-state index in [1.807, 2.05) is 0 Å². The molecule has 1 saturated heterocycles. The van der Waals surface area contributed by atoms with Gasteiger partial charge in [-0.15, -0.1) is 0 Å². The summed E-state index contributed by atoms with van der Waals surface area (Å²) in [6, 6.07) is 6.70.